The molecule has 0 spiro atoms. The Hall–Kier alpha value is -1.39. The van der Waals surface area contributed by atoms with Crippen molar-refractivity contribution in [2.75, 3.05) is 0 Å². The van der Waals surface area contributed by atoms with E-state index in [0.717, 1.165) is 5.56 Å². The first-order valence-corrected chi connectivity index (χ1v) is 5.31. The van der Waals surface area contributed by atoms with Gasteiger partial charge in [-0.2, -0.15) is 0 Å². The van der Waals surface area contributed by atoms with Crippen LogP contribution in [0.15, 0.2) is 24.3 Å². The third-order valence-electron chi connectivity index (χ3n) is 1.85. The molecule has 0 fully saturated rings. The van der Waals surface area contributed by atoms with Crippen LogP contribution in [0.3, 0.4) is 0 Å². The predicted octanol–water partition coefficient (Wildman–Crippen LogP) is 2.98. The van der Waals surface area contributed by atoms with E-state index >= 15 is 0 Å². The second-order valence-corrected chi connectivity index (χ2v) is 4.43. The Balaban J connectivity index is 2.57. The molecule has 76 valence electrons. The molecular formula is C10H6ClNO2S. The maximum Gasteiger partial charge on any atom is 0.184 e. The summed E-state index contributed by atoms with van der Waals surface area (Å²) in [6.45, 7) is 0. The van der Waals surface area contributed by atoms with E-state index in [9.17, 15) is 9.90 Å². The van der Waals surface area contributed by atoms with Crippen LogP contribution in [0.5, 0.6) is 5.75 Å². The number of benzene rings is 1. The molecule has 3 nitrogen and oxygen atoms in total. The smallest absolute Gasteiger partial charge is 0.184 e. The van der Waals surface area contributed by atoms with Gasteiger partial charge < -0.3 is 5.11 Å². The molecule has 1 N–H and O–H groups in total. The monoisotopic (exact) mass is 239 g/mol. The normalized spacial score (nSPS) is 10.2. The number of nitrogens with zero attached hydrogens (tertiary/aromatic N) is 1. The van der Waals surface area contributed by atoms with E-state index in [1.54, 1.807) is 24.3 Å². The molecule has 0 atom stereocenters. The SMILES string of the molecule is O=Cc1nc(Cl)sc1-c1cccc(O)c1. The zero-order valence-corrected chi connectivity index (χ0v) is 9.05. The second kappa shape index (κ2) is 4.00. The van der Waals surface area contributed by atoms with Crippen LogP contribution in [-0.4, -0.2) is 16.4 Å². The maximum absolute atomic E-state index is 10.7. The Morgan fingerprint density at radius 2 is 2.27 bits per heavy atom. The highest BCUT2D eigenvalue weighted by Gasteiger charge is 2.11. The zero-order chi connectivity index (χ0) is 10.8. The Kier molecular flexibility index (Phi) is 2.70. The highest BCUT2D eigenvalue weighted by Crippen LogP contribution is 2.33. The van der Waals surface area contributed by atoms with E-state index in [1.807, 2.05) is 0 Å². The van der Waals surface area contributed by atoms with Gasteiger partial charge in [0.25, 0.3) is 0 Å². The van der Waals surface area contributed by atoms with E-state index in [1.165, 1.54) is 11.3 Å². The van der Waals surface area contributed by atoms with Crippen LogP contribution in [0.25, 0.3) is 10.4 Å². The molecule has 0 amide bonds. The molecule has 5 heteroatoms. The number of phenolic OH excluding ortho intramolecular Hbond substituents is 1. The van der Waals surface area contributed by atoms with Crippen LogP contribution < -0.4 is 0 Å². The fourth-order valence-electron chi connectivity index (χ4n) is 1.24. The van der Waals surface area contributed by atoms with Crippen molar-refractivity contribution in [2.24, 2.45) is 0 Å². The predicted molar refractivity (Wildman–Crippen MR) is 59.6 cm³/mol. The number of aromatic nitrogens is 1. The number of halogens is 1. The summed E-state index contributed by atoms with van der Waals surface area (Å²) in [4.78, 5) is 15.3. The Bertz CT molecular complexity index is 510. The number of phenols is 1. The van der Waals surface area contributed by atoms with Gasteiger partial charge in [-0.25, -0.2) is 4.98 Å². The van der Waals surface area contributed by atoms with Crippen molar-refractivity contribution in [3.05, 3.63) is 34.4 Å². The number of thiazole rings is 1. The first kappa shape index (κ1) is 10.1. The lowest BCUT2D eigenvalue weighted by molar-refractivity contribution is 0.112. The molecule has 2 aromatic rings. The minimum atomic E-state index is 0.147. The molecule has 0 saturated heterocycles. The van der Waals surface area contributed by atoms with Gasteiger partial charge >= 0.3 is 0 Å². The summed E-state index contributed by atoms with van der Waals surface area (Å²) >= 11 is 6.93. The van der Waals surface area contributed by atoms with Gasteiger partial charge in [0.2, 0.25) is 0 Å². The molecular weight excluding hydrogens is 234 g/mol. The first-order valence-electron chi connectivity index (χ1n) is 4.11. The first-order chi connectivity index (χ1) is 7.20. The highest BCUT2D eigenvalue weighted by molar-refractivity contribution is 7.19. The van der Waals surface area contributed by atoms with Gasteiger partial charge in [-0.15, -0.1) is 11.3 Å². The quantitative estimate of drug-likeness (QED) is 0.820. The average molecular weight is 240 g/mol. The standard InChI is InChI=1S/C10H6ClNO2S/c11-10-12-8(5-13)9(15-10)6-2-1-3-7(14)4-6/h1-5,14H. The third-order valence-corrected chi connectivity index (χ3v) is 3.07. The lowest BCUT2D eigenvalue weighted by Crippen LogP contribution is -1.83. The van der Waals surface area contributed by atoms with Crippen molar-refractivity contribution in [3.8, 4) is 16.2 Å². The van der Waals surface area contributed by atoms with Crippen molar-refractivity contribution in [3.63, 3.8) is 0 Å². The third kappa shape index (κ3) is 2.00. The molecule has 0 radical (unpaired) electrons. The summed E-state index contributed by atoms with van der Waals surface area (Å²) in [5.41, 5.74) is 1.04. The highest BCUT2D eigenvalue weighted by atomic mass is 35.5. The molecule has 15 heavy (non-hydrogen) atoms. The number of aromatic hydroxyl groups is 1. The van der Waals surface area contributed by atoms with E-state index < -0.39 is 0 Å². The molecule has 0 unspecified atom stereocenters. The van der Waals surface area contributed by atoms with Crippen molar-refractivity contribution >= 4 is 29.2 Å². The lowest BCUT2D eigenvalue weighted by atomic mass is 10.1. The molecule has 2 rings (SSSR count). The molecule has 0 saturated carbocycles. The van der Waals surface area contributed by atoms with Gasteiger partial charge in [-0.05, 0) is 17.7 Å². The van der Waals surface area contributed by atoms with Crippen LogP contribution in [0.4, 0.5) is 0 Å². The van der Waals surface area contributed by atoms with Gasteiger partial charge in [-0.3, -0.25) is 4.79 Å². The average Bonchev–Trinajstić information content (AvgIpc) is 2.59. The Labute approximate surface area is 95.0 Å². The van der Waals surface area contributed by atoms with Crippen molar-refractivity contribution in [1.29, 1.82) is 0 Å². The molecule has 0 aliphatic carbocycles. The minimum absolute atomic E-state index is 0.147. The molecule has 0 bridgehead atoms. The number of carbonyl (C=O) groups is 1. The minimum Gasteiger partial charge on any atom is -0.508 e. The van der Waals surface area contributed by atoms with E-state index in [2.05, 4.69) is 4.98 Å². The van der Waals surface area contributed by atoms with Gasteiger partial charge in [-0.1, -0.05) is 23.7 Å². The number of hydrogen-bond acceptors (Lipinski definition) is 4. The van der Waals surface area contributed by atoms with Gasteiger partial charge in [0, 0.05) is 0 Å². The van der Waals surface area contributed by atoms with E-state index in [4.69, 9.17) is 11.6 Å². The van der Waals surface area contributed by atoms with E-state index in [0.29, 0.717) is 21.3 Å². The number of aldehydes is 1. The fraction of sp³-hybridized carbons (Fsp3) is 0. The van der Waals surface area contributed by atoms with Crippen LogP contribution >= 0.6 is 22.9 Å². The molecule has 1 aromatic carbocycles. The fourth-order valence-corrected chi connectivity index (χ4v) is 2.32. The summed E-state index contributed by atoms with van der Waals surface area (Å²) in [6.07, 6.45) is 0.655. The van der Waals surface area contributed by atoms with Crippen molar-refractivity contribution in [1.82, 2.24) is 4.98 Å². The van der Waals surface area contributed by atoms with Gasteiger partial charge in [0.05, 0.1) is 4.88 Å². The summed E-state index contributed by atoms with van der Waals surface area (Å²) < 4.78 is 0.315. The largest absolute Gasteiger partial charge is 0.508 e. The molecule has 0 aliphatic heterocycles. The lowest BCUT2D eigenvalue weighted by Gasteiger charge is -1.98. The van der Waals surface area contributed by atoms with E-state index in [-0.39, 0.29) is 5.75 Å². The van der Waals surface area contributed by atoms with Crippen LogP contribution in [0, 0.1) is 0 Å². The summed E-state index contributed by atoms with van der Waals surface area (Å²) in [7, 11) is 0. The molecule has 1 aromatic heterocycles. The zero-order valence-electron chi connectivity index (χ0n) is 7.48. The second-order valence-electron chi connectivity index (χ2n) is 2.85. The number of hydrogen-bond donors (Lipinski definition) is 1. The Morgan fingerprint density at radius 3 is 2.93 bits per heavy atom. The van der Waals surface area contributed by atoms with Crippen LogP contribution in [-0.2, 0) is 0 Å². The van der Waals surface area contributed by atoms with Crippen LogP contribution in [0.2, 0.25) is 4.47 Å². The van der Waals surface area contributed by atoms with Crippen molar-refractivity contribution in [2.45, 2.75) is 0 Å². The van der Waals surface area contributed by atoms with Crippen LogP contribution in [0.1, 0.15) is 10.5 Å². The summed E-state index contributed by atoms with van der Waals surface area (Å²) in [5.74, 6) is 0.147. The van der Waals surface area contributed by atoms with Crippen molar-refractivity contribution < 1.29 is 9.90 Å². The topological polar surface area (TPSA) is 50.2 Å². The number of carbonyl (C=O) groups excluding carboxylic acids is 1. The maximum atomic E-state index is 10.7. The molecule has 0 aliphatic rings. The summed E-state index contributed by atoms with van der Waals surface area (Å²) in [6, 6.07) is 6.62. The molecule has 1 heterocycles. The number of rotatable bonds is 2. The Morgan fingerprint density at radius 1 is 1.47 bits per heavy atom. The van der Waals surface area contributed by atoms with Gasteiger partial charge in [0.1, 0.15) is 11.4 Å². The summed E-state index contributed by atoms with van der Waals surface area (Å²) in [5, 5.41) is 9.31. The van der Waals surface area contributed by atoms with Gasteiger partial charge in [0.15, 0.2) is 10.8 Å².